The van der Waals surface area contributed by atoms with Crippen LogP contribution < -0.4 is 0 Å². The lowest BCUT2D eigenvalue weighted by atomic mass is 10.1. The van der Waals surface area contributed by atoms with Gasteiger partial charge in [-0.25, -0.2) is 9.07 Å². The summed E-state index contributed by atoms with van der Waals surface area (Å²) in [7, 11) is 0. The molecule has 4 nitrogen and oxygen atoms in total. The van der Waals surface area contributed by atoms with Crippen LogP contribution in [0.5, 0.6) is 0 Å². The summed E-state index contributed by atoms with van der Waals surface area (Å²) >= 11 is 0. The highest BCUT2D eigenvalue weighted by Crippen LogP contribution is 2.28. The topological polar surface area (TPSA) is 47.8 Å². The van der Waals surface area contributed by atoms with Crippen molar-refractivity contribution in [3.63, 3.8) is 0 Å². The van der Waals surface area contributed by atoms with Crippen molar-refractivity contribution in [2.45, 2.75) is 0 Å². The zero-order chi connectivity index (χ0) is 16.5. The summed E-state index contributed by atoms with van der Waals surface area (Å²) in [5.41, 5.74) is 1.98. The highest BCUT2D eigenvalue weighted by atomic mass is 19.1. The predicted molar refractivity (Wildman–Crippen MR) is 89.6 cm³/mol. The second kappa shape index (κ2) is 5.70. The summed E-state index contributed by atoms with van der Waals surface area (Å²) in [6, 6.07) is 19.7. The quantitative estimate of drug-likeness (QED) is 0.536. The molecular formula is C19H12FN3O. The zero-order valence-electron chi connectivity index (χ0n) is 12.6. The molecule has 5 heteroatoms. The van der Waals surface area contributed by atoms with Crippen molar-refractivity contribution in [2.75, 3.05) is 0 Å². The molecule has 24 heavy (non-hydrogen) atoms. The molecule has 4 rings (SSSR count). The van der Waals surface area contributed by atoms with E-state index < -0.39 is 0 Å². The van der Waals surface area contributed by atoms with Gasteiger partial charge < -0.3 is 0 Å². The average Bonchev–Trinajstić information content (AvgIpc) is 3.05. The fourth-order valence-corrected chi connectivity index (χ4v) is 2.84. The van der Waals surface area contributed by atoms with Gasteiger partial charge >= 0.3 is 0 Å². The van der Waals surface area contributed by atoms with Crippen molar-refractivity contribution >= 4 is 17.1 Å². The molecule has 0 radical (unpaired) electrons. The number of aldehydes is 1. The number of nitrogens with zero attached hydrogens (tertiary/aromatic N) is 3. The summed E-state index contributed by atoms with van der Waals surface area (Å²) in [6.45, 7) is 0. The minimum Gasteiger partial charge on any atom is -0.296 e. The van der Waals surface area contributed by atoms with E-state index in [1.807, 2.05) is 42.5 Å². The first-order valence-electron chi connectivity index (χ1n) is 7.43. The Bertz CT molecular complexity index is 1050. The number of benzene rings is 3. The van der Waals surface area contributed by atoms with Crippen LogP contribution in [-0.2, 0) is 0 Å². The highest BCUT2D eigenvalue weighted by molar-refractivity contribution is 5.92. The van der Waals surface area contributed by atoms with Gasteiger partial charge in [-0.15, -0.1) is 5.10 Å². The second-order valence-corrected chi connectivity index (χ2v) is 5.36. The first-order valence-corrected chi connectivity index (χ1v) is 7.43. The van der Waals surface area contributed by atoms with Gasteiger partial charge in [-0.2, -0.15) is 0 Å². The normalized spacial score (nSPS) is 10.9. The van der Waals surface area contributed by atoms with E-state index in [-0.39, 0.29) is 11.5 Å². The summed E-state index contributed by atoms with van der Waals surface area (Å²) in [4.78, 5) is 11.4. The maximum absolute atomic E-state index is 13.6. The van der Waals surface area contributed by atoms with Crippen LogP contribution in [0.15, 0.2) is 66.7 Å². The van der Waals surface area contributed by atoms with Gasteiger partial charge in [-0.1, -0.05) is 53.7 Å². The number of aromatic nitrogens is 3. The molecule has 0 bridgehead atoms. The van der Waals surface area contributed by atoms with Crippen molar-refractivity contribution in [2.24, 2.45) is 0 Å². The van der Waals surface area contributed by atoms with E-state index in [4.69, 9.17) is 0 Å². The second-order valence-electron chi connectivity index (χ2n) is 5.36. The number of hydrogen-bond donors (Lipinski definition) is 0. The largest absolute Gasteiger partial charge is 0.296 e. The maximum atomic E-state index is 13.6. The molecule has 0 N–H and O–H groups in total. The Morgan fingerprint density at radius 1 is 0.958 bits per heavy atom. The fourth-order valence-electron chi connectivity index (χ4n) is 2.84. The van der Waals surface area contributed by atoms with E-state index in [1.54, 1.807) is 16.8 Å². The molecule has 0 aliphatic rings. The lowest BCUT2D eigenvalue weighted by Gasteiger charge is -2.10. The summed E-state index contributed by atoms with van der Waals surface area (Å²) in [5, 5.41) is 10.1. The van der Waals surface area contributed by atoms with E-state index in [0.717, 1.165) is 16.5 Å². The lowest BCUT2D eigenvalue weighted by Crippen LogP contribution is -2.01. The molecule has 1 aromatic heterocycles. The molecule has 0 fully saturated rings. The molecule has 116 valence electrons. The van der Waals surface area contributed by atoms with Crippen molar-refractivity contribution in [1.82, 2.24) is 15.0 Å². The van der Waals surface area contributed by atoms with E-state index in [0.29, 0.717) is 17.5 Å². The van der Waals surface area contributed by atoms with Gasteiger partial charge in [-0.3, -0.25) is 4.79 Å². The SMILES string of the molecule is O=Cc1nnn(-c2cccc3ccccc23)c1-c1cccc(F)c1. The van der Waals surface area contributed by atoms with Crippen LogP contribution in [0.4, 0.5) is 4.39 Å². The van der Waals surface area contributed by atoms with Gasteiger partial charge in [0.2, 0.25) is 0 Å². The smallest absolute Gasteiger partial charge is 0.172 e. The molecular weight excluding hydrogens is 305 g/mol. The molecule has 1 heterocycles. The number of rotatable bonds is 3. The molecule has 0 aliphatic heterocycles. The molecule has 0 unspecified atom stereocenters. The third kappa shape index (κ3) is 2.27. The van der Waals surface area contributed by atoms with Gasteiger partial charge in [0.25, 0.3) is 0 Å². The third-order valence-corrected chi connectivity index (χ3v) is 3.90. The van der Waals surface area contributed by atoms with Crippen LogP contribution in [-0.4, -0.2) is 21.3 Å². The first kappa shape index (κ1) is 14.3. The van der Waals surface area contributed by atoms with Gasteiger partial charge in [0.1, 0.15) is 11.5 Å². The Morgan fingerprint density at radius 3 is 2.58 bits per heavy atom. The van der Waals surface area contributed by atoms with Crippen LogP contribution in [0.3, 0.4) is 0 Å². The first-order chi connectivity index (χ1) is 11.8. The number of carbonyl (C=O) groups is 1. The van der Waals surface area contributed by atoms with E-state index in [9.17, 15) is 9.18 Å². The Labute approximate surface area is 137 Å². The molecule has 0 saturated heterocycles. The molecule has 0 spiro atoms. The molecule has 3 aromatic carbocycles. The van der Waals surface area contributed by atoms with Crippen molar-refractivity contribution < 1.29 is 9.18 Å². The minimum atomic E-state index is -0.380. The third-order valence-electron chi connectivity index (χ3n) is 3.90. The number of halogens is 1. The van der Waals surface area contributed by atoms with E-state index >= 15 is 0 Å². The fraction of sp³-hybridized carbons (Fsp3) is 0. The van der Waals surface area contributed by atoms with Crippen LogP contribution in [0.2, 0.25) is 0 Å². The Morgan fingerprint density at radius 2 is 1.75 bits per heavy atom. The summed E-state index contributed by atoms with van der Waals surface area (Å²) in [5.74, 6) is -0.380. The minimum absolute atomic E-state index is 0.175. The zero-order valence-corrected chi connectivity index (χ0v) is 12.6. The lowest BCUT2D eigenvalue weighted by molar-refractivity contribution is 0.111. The maximum Gasteiger partial charge on any atom is 0.172 e. The van der Waals surface area contributed by atoms with Crippen molar-refractivity contribution in [3.05, 3.63) is 78.2 Å². The van der Waals surface area contributed by atoms with Crippen LogP contribution in [0.1, 0.15) is 10.5 Å². The Kier molecular flexibility index (Phi) is 3.39. The Hall–Kier alpha value is -3.34. The molecule has 0 aliphatic carbocycles. The number of fused-ring (bicyclic) bond motifs is 1. The molecule has 0 amide bonds. The Balaban J connectivity index is 2.03. The number of hydrogen-bond acceptors (Lipinski definition) is 3. The predicted octanol–water partition coefficient (Wildman–Crippen LogP) is 4.04. The van der Waals surface area contributed by atoms with Crippen LogP contribution in [0, 0.1) is 5.82 Å². The monoisotopic (exact) mass is 317 g/mol. The van der Waals surface area contributed by atoms with Gasteiger partial charge in [0.05, 0.1) is 5.69 Å². The van der Waals surface area contributed by atoms with Crippen molar-refractivity contribution in [1.29, 1.82) is 0 Å². The molecule has 4 aromatic rings. The van der Waals surface area contributed by atoms with Gasteiger partial charge in [0, 0.05) is 10.9 Å². The van der Waals surface area contributed by atoms with Crippen LogP contribution in [0.25, 0.3) is 27.7 Å². The average molecular weight is 317 g/mol. The van der Waals surface area contributed by atoms with Crippen LogP contribution >= 0.6 is 0 Å². The van der Waals surface area contributed by atoms with E-state index in [2.05, 4.69) is 10.3 Å². The molecule has 0 saturated carbocycles. The van der Waals surface area contributed by atoms with E-state index in [1.165, 1.54) is 12.1 Å². The van der Waals surface area contributed by atoms with Gasteiger partial charge in [-0.05, 0) is 23.6 Å². The number of carbonyl (C=O) groups excluding carboxylic acids is 1. The summed E-state index contributed by atoms with van der Waals surface area (Å²) in [6.07, 6.45) is 0.634. The van der Waals surface area contributed by atoms with Gasteiger partial charge in [0.15, 0.2) is 12.0 Å². The standard InChI is InChI=1S/C19H12FN3O/c20-15-8-3-7-14(11-15)19-17(12-24)21-22-23(19)18-10-4-6-13-5-1-2-9-16(13)18/h1-12H. The molecule has 0 atom stereocenters. The summed E-state index contributed by atoms with van der Waals surface area (Å²) < 4.78 is 15.2. The van der Waals surface area contributed by atoms with Crippen molar-refractivity contribution in [3.8, 4) is 16.9 Å². The highest BCUT2D eigenvalue weighted by Gasteiger charge is 2.17.